The number of carbonyl (C=O) groups excluding carboxylic acids is 1. The molecule has 4 heteroatoms. The summed E-state index contributed by atoms with van der Waals surface area (Å²) in [7, 11) is 0. The SMILES string of the molecule is C=NN(/C(=C\C)C(N)=O)C(C)C. The number of hydrogen-bond acceptors (Lipinski definition) is 3. The van der Waals surface area contributed by atoms with Crippen molar-refractivity contribution in [2.24, 2.45) is 10.8 Å². The molecule has 2 N–H and O–H groups in total. The second kappa shape index (κ2) is 4.54. The molecular weight excluding hydrogens is 154 g/mol. The Morgan fingerprint density at radius 2 is 2.17 bits per heavy atom. The first-order valence-corrected chi connectivity index (χ1v) is 3.76. The van der Waals surface area contributed by atoms with Crippen molar-refractivity contribution >= 4 is 12.6 Å². The Morgan fingerprint density at radius 3 is 2.25 bits per heavy atom. The van der Waals surface area contributed by atoms with Crippen molar-refractivity contribution in [1.29, 1.82) is 0 Å². The summed E-state index contributed by atoms with van der Waals surface area (Å²) in [6.07, 6.45) is 1.62. The second-order valence-corrected chi connectivity index (χ2v) is 2.62. The molecule has 0 aliphatic rings. The number of nitrogens with zero attached hydrogens (tertiary/aromatic N) is 2. The number of amides is 1. The fourth-order valence-corrected chi connectivity index (χ4v) is 0.905. The molecule has 0 aliphatic carbocycles. The average molecular weight is 169 g/mol. The van der Waals surface area contributed by atoms with Crippen molar-refractivity contribution in [2.45, 2.75) is 26.8 Å². The van der Waals surface area contributed by atoms with E-state index in [9.17, 15) is 4.79 Å². The molecule has 0 radical (unpaired) electrons. The van der Waals surface area contributed by atoms with Crippen LogP contribution in [0, 0.1) is 0 Å². The van der Waals surface area contributed by atoms with E-state index in [1.165, 1.54) is 5.01 Å². The number of hydrazone groups is 1. The molecule has 68 valence electrons. The zero-order chi connectivity index (χ0) is 9.72. The summed E-state index contributed by atoms with van der Waals surface area (Å²) >= 11 is 0. The third kappa shape index (κ3) is 2.38. The van der Waals surface area contributed by atoms with Gasteiger partial charge in [-0.05, 0) is 20.8 Å². The van der Waals surface area contributed by atoms with Crippen LogP contribution in [0.2, 0.25) is 0 Å². The van der Waals surface area contributed by atoms with Gasteiger partial charge >= 0.3 is 0 Å². The van der Waals surface area contributed by atoms with Gasteiger partial charge in [-0.3, -0.25) is 9.80 Å². The van der Waals surface area contributed by atoms with Gasteiger partial charge in [0.05, 0.1) is 0 Å². The summed E-state index contributed by atoms with van der Waals surface area (Å²) in [5.41, 5.74) is 5.50. The van der Waals surface area contributed by atoms with Crippen LogP contribution in [0.4, 0.5) is 0 Å². The lowest BCUT2D eigenvalue weighted by molar-refractivity contribution is -0.116. The van der Waals surface area contributed by atoms with Crippen LogP contribution in [0.1, 0.15) is 20.8 Å². The molecule has 1 amide bonds. The maximum atomic E-state index is 10.9. The summed E-state index contributed by atoms with van der Waals surface area (Å²) < 4.78 is 0. The molecule has 12 heavy (non-hydrogen) atoms. The van der Waals surface area contributed by atoms with Gasteiger partial charge in [0, 0.05) is 12.8 Å². The van der Waals surface area contributed by atoms with Crippen molar-refractivity contribution in [2.75, 3.05) is 0 Å². The third-order valence-corrected chi connectivity index (χ3v) is 1.41. The Balaban J connectivity index is 4.69. The Hall–Kier alpha value is -1.32. The van der Waals surface area contributed by atoms with Crippen LogP contribution in [-0.4, -0.2) is 23.7 Å². The van der Waals surface area contributed by atoms with Crippen LogP contribution in [-0.2, 0) is 4.79 Å². The molecule has 0 rings (SSSR count). The molecule has 0 saturated carbocycles. The van der Waals surface area contributed by atoms with Crippen LogP contribution in [0.15, 0.2) is 16.9 Å². The van der Waals surface area contributed by atoms with Crippen molar-refractivity contribution in [3.05, 3.63) is 11.8 Å². The molecule has 0 aromatic rings. The summed E-state index contributed by atoms with van der Waals surface area (Å²) in [6, 6.07) is 0.0844. The topological polar surface area (TPSA) is 58.7 Å². The van der Waals surface area contributed by atoms with Gasteiger partial charge in [-0.15, -0.1) is 0 Å². The highest BCUT2D eigenvalue weighted by Gasteiger charge is 2.14. The van der Waals surface area contributed by atoms with E-state index in [0.717, 1.165) is 0 Å². The Labute approximate surface area is 72.7 Å². The molecular formula is C8H15N3O. The summed E-state index contributed by atoms with van der Waals surface area (Å²) in [5.74, 6) is -0.487. The highest BCUT2D eigenvalue weighted by Crippen LogP contribution is 2.08. The summed E-state index contributed by atoms with van der Waals surface area (Å²) in [4.78, 5) is 10.9. The maximum Gasteiger partial charge on any atom is 0.266 e. The first kappa shape index (κ1) is 10.7. The van der Waals surface area contributed by atoms with Gasteiger partial charge in [-0.2, -0.15) is 5.10 Å². The average Bonchev–Trinajstić information content (AvgIpc) is 1.98. The van der Waals surface area contributed by atoms with Crippen LogP contribution in [0.25, 0.3) is 0 Å². The molecule has 0 aromatic carbocycles. The third-order valence-electron chi connectivity index (χ3n) is 1.41. The number of hydrogen-bond donors (Lipinski definition) is 1. The quantitative estimate of drug-likeness (QED) is 0.382. The Kier molecular flexibility index (Phi) is 4.04. The van der Waals surface area contributed by atoms with E-state index in [-0.39, 0.29) is 6.04 Å². The highest BCUT2D eigenvalue weighted by atomic mass is 16.1. The maximum absolute atomic E-state index is 10.9. The zero-order valence-corrected chi connectivity index (χ0v) is 7.74. The molecule has 0 saturated heterocycles. The molecule has 4 nitrogen and oxygen atoms in total. The van der Waals surface area contributed by atoms with Crippen molar-refractivity contribution < 1.29 is 4.79 Å². The van der Waals surface area contributed by atoms with E-state index >= 15 is 0 Å². The van der Waals surface area contributed by atoms with E-state index in [1.54, 1.807) is 13.0 Å². The zero-order valence-electron chi connectivity index (χ0n) is 7.74. The lowest BCUT2D eigenvalue weighted by Crippen LogP contribution is -2.32. The molecule has 0 fully saturated rings. The molecule has 0 spiro atoms. The van der Waals surface area contributed by atoms with Gasteiger partial charge in [0.15, 0.2) is 0 Å². The molecule has 0 bridgehead atoms. The van der Waals surface area contributed by atoms with E-state index in [1.807, 2.05) is 13.8 Å². The van der Waals surface area contributed by atoms with Gasteiger partial charge in [0.2, 0.25) is 0 Å². The van der Waals surface area contributed by atoms with Crippen molar-refractivity contribution in [1.82, 2.24) is 5.01 Å². The minimum Gasteiger partial charge on any atom is -0.364 e. The predicted molar refractivity (Wildman–Crippen MR) is 49.5 cm³/mol. The molecule has 0 unspecified atom stereocenters. The normalized spacial score (nSPS) is 11.5. The first-order chi connectivity index (χ1) is 5.54. The Morgan fingerprint density at radius 1 is 1.67 bits per heavy atom. The lowest BCUT2D eigenvalue weighted by Gasteiger charge is -2.23. The second-order valence-electron chi connectivity index (χ2n) is 2.62. The first-order valence-electron chi connectivity index (χ1n) is 3.76. The van der Waals surface area contributed by atoms with Crippen LogP contribution in [0.5, 0.6) is 0 Å². The van der Waals surface area contributed by atoms with E-state index in [2.05, 4.69) is 11.8 Å². The largest absolute Gasteiger partial charge is 0.364 e. The van der Waals surface area contributed by atoms with Crippen LogP contribution in [0.3, 0.4) is 0 Å². The monoisotopic (exact) mass is 169 g/mol. The fraction of sp³-hybridized carbons (Fsp3) is 0.500. The van der Waals surface area contributed by atoms with E-state index in [4.69, 9.17) is 5.73 Å². The minimum absolute atomic E-state index is 0.0844. The smallest absolute Gasteiger partial charge is 0.266 e. The molecule has 0 aliphatic heterocycles. The van der Waals surface area contributed by atoms with Gasteiger partial charge in [0.25, 0.3) is 5.91 Å². The summed E-state index contributed by atoms with van der Waals surface area (Å²) in [6.45, 7) is 8.91. The van der Waals surface area contributed by atoms with Gasteiger partial charge in [0.1, 0.15) is 5.70 Å². The molecule has 0 atom stereocenters. The van der Waals surface area contributed by atoms with E-state index < -0.39 is 5.91 Å². The predicted octanol–water partition coefficient (Wildman–Crippen LogP) is 0.701. The van der Waals surface area contributed by atoms with Crippen molar-refractivity contribution in [3.8, 4) is 0 Å². The molecule has 0 heterocycles. The number of allylic oxidation sites excluding steroid dienone is 1. The van der Waals surface area contributed by atoms with Gasteiger partial charge in [-0.25, -0.2) is 0 Å². The number of nitrogens with two attached hydrogens (primary N) is 1. The summed E-state index contributed by atoms with van der Waals surface area (Å²) in [5, 5.41) is 5.18. The number of carbonyl (C=O) groups is 1. The van der Waals surface area contributed by atoms with Gasteiger partial charge < -0.3 is 5.73 Å². The van der Waals surface area contributed by atoms with Crippen molar-refractivity contribution in [3.63, 3.8) is 0 Å². The van der Waals surface area contributed by atoms with E-state index in [0.29, 0.717) is 5.70 Å². The standard InChI is InChI=1S/C8H15N3O/c1-5-7(8(9)12)11(10-4)6(2)3/h5-6H,4H2,1-3H3,(H2,9,12)/b7-5-. The van der Waals surface area contributed by atoms with Gasteiger partial charge in [-0.1, -0.05) is 6.08 Å². The molecule has 0 aromatic heterocycles. The van der Waals surface area contributed by atoms with Crippen LogP contribution >= 0.6 is 0 Å². The fourth-order valence-electron chi connectivity index (χ4n) is 0.905. The van der Waals surface area contributed by atoms with Crippen LogP contribution < -0.4 is 5.73 Å². The lowest BCUT2D eigenvalue weighted by atomic mass is 10.3. The number of primary amides is 1. The Bertz CT molecular complexity index is 208. The minimum atomic E-state index is -0.487. The number of rotatable bonds is 4. The highest BCUT2D eigenvalue weighted by molar-refractivity contribution is 5.91.